The van der Waals surface area contributed by atoms with Gasteiger partial charge in [0.1, 0.15) is 0 Å². The van der Waals surface area contributed by atoms with Crippen molar-refractivity contribution in [2.45, 2.75) is 0 Å². The number of aliphatic hydroxyl groups is 2. The van der Waals surface area contributed by atoms with Crippen LogP contribution in [-0.2, 0) is 17.1 Å². The maximum absolute atomic E-state index is 7.97. The van der Waals surface area contributed by atoms with Crippen molar-refractivity contribution in [1.82, 2.24) is 0 Å². The maximum Gasteiger partial charge on any atom is 0.180 e. The molecule has 0 aromatic carbocycles. The summed E-state index contributed by atoms with van der Waals surface area (Å²) in [5, 5.41) is 15.7. The van der Waals surface area contributed by atoms with Crippen molar-refractivity contribution in [2.24, 2.45) is 0 Å². The number of aliphatic hydroxyl groups excluding tert-OH is 2. The van der Waals surface area contributed by atoms with E-state index in [1.165, 1.54) is 12.2 Å². The van der Waals surface area contributed by atoms with Crippen molar-refractivity contribution in [3.8, 4) is 0 Å². The molecule has 0 aliphatic carbocycles. The van der Waals surface area contributed by atoms with E-state index in [4.69, 9.17) is 10.2 Å². The Hall–Kier alpha value is -0.221. The van der Waals surface area contributed by atoms with Crippen LogP contribution in [0.5, 0.6) is 0 Å². The Morgan fingerprint density at radius 2 is 1.09 bits per heavy atom. The number of rotatable bonds is 2. The summed E-state index contributed by atoms with van der Waals surface area (Å²) in [6, 6.07) is 0. The zero-order valence-corrected chi connectivity index (χ0v) is 8.37. The maximum atomic E-state index is 7.97. The molecular weight excluding hydrogens is 224 g/mol. The Bertz CT molecular complexity index is 139. The molecule has 5 heteroatoms. The molecule has 0 radical (unpaired) electrons. The fourth-order valence-corrected chi connectivity index (χ4v) is 0. The van der Waals surface area contributed by atoms with E-state index in [2.05, 4.69) is 37.6 Å². The monoisotopic (exact) mass is 232 g/mol. The van der Waals surface area contributed by atoms with Crippen molar-refractivity contribution in [3.05, 3.63) is 25.3 Å². The van der Waals surface area contributed by atoms with Crippen LogP contribution in [0.2, 0.25) is 0 Å². The summed E-state index contributed by atoms with van der Waals surface area (Å²) in [5.74, 6) is 0. The molecule has 0 spiro atoms. The normalized spacial score (nSPS) is 5.82. The van der Waals surface area contributed by atoms with Gasteiger partial charge in [-0.1, -0.05) is 13.2 Å². The average molecular weight is 232 g/mol. The molecular formula is C6H8FeO2S2. The van der Waals surface area contributed by atoms with Crippen LogP contribution in [0, 0.1) is 0 Å². The molecule has 64 valence electrons. The summed E-state index contributed by atoms with van der Waals surface area (Å²) in [5.41, 5.74) is 0. The molecule has 11 heavy (non-hydrogen) atoms. The van der Waals surface area contributed by atoms with Gasteiger partial charge in [-0.15, -0.1) is 0 Å². The van der Waals surface area contributed by atoms with E-state index < -0.39 is 0 Å². The van der Waals surface area contributed by atoms with Crippen LogP contribution in [0.15, 0.2) is 25.3 Å². The fraction of sp³-hybridized carbons (Fsp3) is 0. The van der Waals surface area contributed by atoms with E-state index in [1.54, 1.807) is 0 Å². The molecule has 0 saturated heterocycles. The Kier molecular flexibility index (Phi) is 19.3. The topological polar surface area (TPSA) is 40.5 Å². The number of hydrogen-bond donors (Lipinski definition) is 2. The van der Waals surface area contributed by atoms with Gasteiger partial charge in [0, 0.05) is 17.1 Å². The second-order valence-electron chi connectivity index (χ2n) is 1.08. The third-order valence-electron chi connectivity index (χ3n) is 0.349. The van der Waals surface area contributed by atoms with Gasteiger partial charge in [-0.25, -0.2) is 0 Å². The van der Waals surface area contributed by atoms with E-state index >= 15 is 0 Å². The van der Waals surface area contributed by atoms with E-state index in [-0.39, 0.29) is 27.2 Å². The van der Waals surface area contributed by atoms with Gasteiger partial charge in [-0.2, -0.15) is 0 Å². The summed E-state index contributed by atoms with van der Waals surface area (Å²) >= 11 is 8.27. The van der Waals surface area contributed by atoms with Crippen LogP contribution in [-0.4, -0.2) is 20.3 Å². The molecule has 0 atom stereocenters. The molecule has 0 fully saturated rings. The van der Waals surface area contributed by atoms with Crippen LogP contribution in [0.25, 0.3) is 0 Å². The van der Waals surface area contributed by atoms with E-state index in [0.29, 0.717) is 0 Å². The Morgan fingerprint density at radius 3 is 1.09 bits per heavy atom. The Balaban J connectivity index is -0.000000107. The number of hydrogen-bond acceptors (Lipinski definition) is 2. The predicted molar refractivity (Wildman–Crippen MR) is 50.8 cm³/mol. The molecule has 0 saturated carbocycles. The molecule has 0 heterocycles. The van der Waals surface area contributed by atoms with Crippen LogP contribution in [0.3, 0.4) is 0 Å². The van der Waals surface area contributed by atoms with Gasteiger partial charge in [-0.3, -0.25) is 0 Å². The van der Waals surface area contributed by atoms with Gasteiger partial charge in [0.25, 0.3) is 0 Å². The van der Waals surface area contributed by atoms with Gasteiger partial charge < -0.3 is 10.2 Å². The van der Waals surface area contributed by atoms with Gasteiger partial charge >= 0.3 is 0 Å². The van der Waals surface area contributed by atoms with Crippen molar-refractivity contribution >= 4 is 34.5 Å². The average Bonchev–Trinajstić information content (AvgIpc) is 1.89. The summed E-state index contributed by atoms with van der Waals surface area (Å²) in [6.07, 6.45) is 2.41. The van der Waals surface area contributed by atoms with E-state index in [9.17, 15) is 0 Å². The summed E-state index contributed by atoms with van der Waals surface area (Å²) < 4.78 is 0. The van der Waals surface area contributed by atoms with Gasteiger partial charge in [0.05, 0.1) is 0 Å². The molecule has 2 nitrogen and oxygen atoms in total. The van der Waals surface area contributed by atoms with Crippen molar-refractivity contribution in [1.29, 1.82) is 0 Å². The van der Waals surface area contributed by atoms with Crippen LogP contribution < -0.4 is 0 Å². The number of thiocarbonyl (C=S) groups is 2. The summed E-state index contributed by atoms with van der Waals surface area (Å²) in [7, 11) is 0. The summed E-state index contributed by atoms with van der Waals surface area (Å²) in [6.45, 7) is 6.34. The second-order valence-corrected chi connectivity index (χ2v) is 1.92. The molecule has 0 rings (SSSR count). The first-order chi connectivity index (χ1) is 4.54. The van der Waals surface area contributed by atoms with Gasteiger partial charge in [0.15, 0.2) is 10.1 Å². The third-order valence-corrected chi connectivity index (χ3v) is 0.683. The third kappa shape index (κ3) is 41.4. The standard InChI is InChI=1S/2C3H4OS.Fe/c2*1-2-3(4)5;/h2*2H,1H2,(H,4,5);. The molecule has 0 bridgehead atoms. The quantitative estimate of drug-likeness (QED) is 0.434. The first kappa shape index (κ1) is 17.0. The van der Waals surface area contributed by atoms with Crippen molar-refractivity contribution in [3.63, 3.8) is 0 Å². The minimum Gasteiger partial charge on any atom is -0.499 e. The smallest absolute Gasteiger partial charge is 0.180 e. The molecule has 0 aliphatic rings. The molecule has 0 aromatic heterocycles. The molecule has 0 aromatic rings. The van der Waals surface area contributed by atoms with Gasteiger partial charge in [0.2, 0.25) is 0 Å². The van der Waals surface area contributed by atoms with E-state index in [1.807, 2.05) is 0 Å². The molecule has 0 amide bonds. The van der Waals surface area contributed by atoms with E-state index in [0.717, 1.165) is 0 Å². The zero-order valence-electron chi connectivity index (χ0n) is 5.63. The van der Waals surface area contributed by atoms with Crippen LogP contribution >= 0.6 is 24.4 Å². The minimum absolute atomic E-state index is 0. The molecule has 2 N–H and O–H groups in total. The second kappa shape index (κ2) is 12.5. The van der Waals surface area contributed by atoms with Crippen LogP contribution in [0.1, 0.15) is 0 Å². The summed E-state index contributed by atoms with van der Waals surface area (Å²) in [4.78, 5) is 0. The Labute approximate surface area is 87.1 Å². The first-order valence-corrected chi connectivity index (χ1v) is 3.07. The Morgan fingerprint density at radius 1 is 1.00 bits per heavy atom. The molecule has 0 unspecified atom stereocenters. The predicted octanol–water partition coefficient (Wildman–Crippen LogP) is 2.11. The SMILES string of the molecule is C=CC(O)=S.C=CC(O)=S.[Fe]. The fourth-order valence-electron chi connectivity index (χ4n) is 0. The minimum atomic E-state index is -0.148. The van der Waals surface area contributed by atoms with Crippen molar-refractivity contribution in [2.75, 3.05) is 0 Å². The first-order valence-electron chi connectivity index (χ1n) is 2.25. The largest absolute Gasteiger partial charge is 0.499 e. The zero-order chi connectivity index (χ0) is 8.57. The van der Waals surface area contributed by atoms with Crippen LogP contribution in [0.4, 0.5) is 0 Å². The van der Waals surface area contributed by atoms with Gasteiger partial charge in [-0.05, 0) is 36.6 Å². The van der Waals surface area contributed by atoms with Crippen molar-refractivity contribution < 1.29 is 27.3 Å². The molecule has 0 aliphatic heterocycles.